The lowest BCUT2D eigenvalue weighted by molar-refractivity contribution is 0.0905. The molecule has 0 bridgehead atoms. The van der Waals surface area contributed by atoms with E-state index in [9.17, 15) is 13.2 Å². The van der Waals surface area contributed by atoms with E-state index in [0.717, 1.165) is 19.3 Å². The van der Waals surface area contributed by atoms with E-state index in [1.54, 1.807) is 24.5 Å². The van der Waals surface area contributed by atoms with Crippen LogP contribution in [0, 0.1) is 5.92 Å². The molecule has 1 N–H and O–H groups in total. The van der Waals surface area contributed by atoms with Gasteiger partial charge in [-0.05, 0) is 37.3 Å². The monoisotopic (exact) mass is 325 g/mol. The zero-order chi connectivity index (χ0) is 16.2. The van der Waals surface area contributed by atoms with Crippen molar-refractivity contribution < 1.29 is 13.2 Å². The second kappa shape index (κ2) is 7.19. The third-order valence-electron chi connectivity index (χ3n) is 4.16. The topological polar surface area (TPSA) is 79.4 Å². The standard InChI is InChI=1S/C15H23N3O3S/c1-3-14(17-15(19)12-6-8-16-9-7-12)13-5-4-10-18(11-13)22(2,20)21/h6-9,13-14H,3-5,10-11H2,1-2H3,(H,17,19). The van der Waals surface area contributed by atoms with Crippen LogP contribution < -0.4 is 5.32 Å². The molecule has 6 nitrogen and oxygen atoms in total. The Balaban J connectivity index is 2.03. The molecule has 7 heteroatoms. The van der Waals surface area contributed by atoms with E-state index in [1.165, 1.54) is 10.6 Å². The molecule has 0 radical (unpaired) electrons. The summed E-state index contributed by atoms with van der Waals surface area (Å²) in [5.74, 6) is 0.0185. The predicted molar refractivity (Wildman–Crippen MR) is 84.9 cm³/mol. The second-order valence-corrected chi connectivity index (χ2v) is 7.73. The number of nitrogens with zero attached hydrogens (tertiary/aromatic N) is 2. The Kier molecular flexibility index (Phi) is 5.52. The van der Waals surface area contributed by atoms with Crippen LogP contribution in [0.2, 0.25) is 0 Å². The molecule has 2 unspecified atom stereocenters. The molecule has 1 aromatic rings. The number of hydrogen-bond donors (Lipinski definition) is 1. The first-order valence-corrected chi connectivity index (χ1v) is 9.42. The van der Waals surface area contributed by atoms with Crippen LogP contribution in [0.25, 0.3) is 0 Å². The Morgan fingerprint density at radius 3 is 2.73 bits per heavy atom. The van der Waals surface area contributed by atoms with Gasteiger partial charge in [0.15, 0.2) is 0 Å². The maximum Gasteiger partial charge on any atom is 0.251 e. The lowest BCUT2D eigenvalue weighted by Gasteiger charge is -2.35. The molecule has 1 aromatic heterocycles. The van der Waals surface area contributed by atoms with Crippen molar-refractivity contribution in [1.82, 2.24) is 14.6 Å². The Hall–Kier alpha value is -1.47. The van der Waals surface area contributed by atoms with E-state index in [-0.39, 0.29) is 17.9 Å². The Morgan fingerprint density at radius 1 is 1.45 bits per heavy atom. The number of carbonyl (C=O) groups is 1. The van der Waals surface area contributed by atoms with E-state index >= 15 is 0 Å². The molecule has 0 saturated carbocycles. The molecule has 122 valence electrons. The summed E-state index contributed by atoms with van der Waals surface area (Å²) in [5, 5.41) is 3.04. The van der Waals surface area contributed by atoms with Crippen molar-refractivity contribution in [2.45, 2.75) is 32.2 Å². The van der Waals surface area contributed by atoms with Gasteiger partial charge in [-0.1, -0.05) is 6.92 Å². The molecule has 1 aliphatic heterocycles. The van der Waals surface area contributed by atoms with Crippen molar-refractivity contribution in [3.05, 3.63) is 30.1 Å². The summed E-state index contributed by atoms with van der Waals surface area (Å²) in [6.07, 6.45) is 6.95. The van der Waals surface area contributed by atoms with Crippen LogP contribution in [-0.4, -0.2) is 49.0 Å². The summed E-state index contributed by atoms with van der Waals surface area (Å²) in [4.78, 5) is 16.2. The van der Waals surface area contributed by atoms with Crippen LogP contribution in [0.15, 0.2) is 24.5 Å². The molecule has 0 spiro atoms. The third kappa shape index (κ3) is 4.27. The second-order valence-electron chi connectivity index (χ2n) is 5.75. The molecule has 1 fully saturated rings. The fourth-order valence-corrected chi connectivity index (χ4v) is 3.83. The summed E-state index contributed by atoms with van der Waals surface area (Å²) in [7, 11) is -3.17. The molecule has 2 atom stereocenters. The van der Waals surface area contributed by atoms with Gasteiger partial charge in [0.2, 0.25) is 10.0 Å². The molecule has 2 heterocycles. The molecule has 1 aliphatic rings. The predicted octanol–water partition coefficient (Wildman–Crippen LogP) is 1.26. The number of piperidine rings is 1. The zero-order valence-corrected chi connectivity index (χ0v) is 13.8. The highest BCUT2D eigenvalue weighted by molar-refractivity contribution is 7.88. The van der Waals surface area contributed by atoms with Gasteiger partial charge in [0, 0.05) is 37.1 Å². The van der Waals surface area contributed by atoms with Gasteiger partial charge in [0.1, 0.15) is 0 Å². The van der Waals surface area contributed by atoms with Crippen molar-refractivity contribution >= 4 is 15.9 Å². The average Bonchev–Trinajstić information content (AvgIpc) is 2.52. The number of sulfonamides is 1. The van der Waals surface area contributed by atoms with E-state index in [4.69, 9.17) is 0 Å². The lowest BCUT2D eigenvalue weighted by Crippen LogP contribution is -2.48. The zero-order valence-electron chi connectivity index (χ0n) is 13.0. The lowest BCUT2D eigenvalue weighted by atomic mass is 9.90. The number of carbonyl (C=O) groups excluding carboxylic acids is 1. The smallest absolute Gasteiger partial charge is 0.251 e. The fraction of sp³-hybridized carbons (Fsp3) is 0.600. The molecule has 1 saturated heterocycles. The number of nitrogens with one attached hydrogen (secondary N) is 1. The van der Waals surface area contributed by atoms with Gasteiger partial charge in [0.25, 0.3) is 5.91 Å². The first kappa shape index (κ1) is 16.9. The molecular weight excluding hydrogens is 302 g/mol. The summed E-state index contributed by atoms with van der Waals surface area (Å²) in [5.41, 5.74) is 0.573. The van der Waals surface area contributed by atoms with Crippen molar-refractivity contribution in [1.29, 1.82) is 0 Å². The van der Waals surface area contributed by atoms with Gasteiger partial charge in [-0.25, -0.2) is 12.7 Å². The van der Waals surface area contributed by atoms with Crippen LogP contribution in [0.5, 0.6) is 0 Å². The molecule has 1 amide bonds. The summed E-state index contributed by atoms with van der Waals surface area (Å²) in [6, 6.07) is 3.32. The van der Waals surface area contributed by atoms with E-state index in [0.29, 0.717) is 18.7 Å². The summed E-state index contributed by atoms with van der Waals surface area (Å²) >= 11 is 0. The van der Waals surface area contributed by atoms with Crippen molar-refractivity contribution in [2.24, 2.45) is 5.92 Å². The third-order valence-corrected chi connectivity index (χ3v) is 5.43. The van der Waals surface area contributed by atoms with Crippen LogP contribution in [0.3, 0.4) is 0 Å². The number of rotatable bonds is 5. The van der Waals surface area contributed by atoms with Gasteiger partial charge in [-0.15, -0.1) is 0 Å². The minimum absolute atomic E-state index is 0.0229. The maximum atomic E-state index is 12.3. The minimum Gasteiger partial charge on any atom is -0.349 e. The van der Waals surface area contributed by atoms with Crippen molar-refractivity contribution in [3.8, 4) is 0 Å². The Morgan fingerprint density at radius 2 is 2.14 bits per heavy atom. The Bertz CT molecular complexity index is 604. The molecule has 2 rings (SSSR count). The Labute approximate surface area is 132 Å². The molecular formula is C15H23N3O3S. The van der Waals surface area contributed by atoms with Crippen LogP contribution >= 0.6 is 0 Å². The maximum absolute atomic E-state index is 12.3. The number of hydrogen-bond acceptors (Lipinski definition) is 4. The average molecular weight is 325 g/mol. The van der Waals surface area contributed by atoms with E-state index in [1.807, 2.05) is 6.92 Å². The van der Waals surface area contributed by atoms with E-state index < -0.39 is 10.0 Å². The highest BCUT2D eigenvalue weighted by Gasteiger charge is 2.31. The summed E-state index contributed by atoms with van der Waals surface area (Å²) in [6.45, 7) is 3.06. The number of aromatic nitrogens is 1. The minimum atomic E-state index is -3.17. The fourth-order valence-electron chi connectivity index (χ4n) is 2.91. The number of pyridine rings is 1. The van der Waals surface area contributed by atoms with Gasteiger partial charge in [-0.2, -0.15) is 0 Å². The van der Waals surface area contributed by atoms with Gasteiger partial charge < -0.3 is 5.32 Å². The normalized spacial score (nSPS) is 21.3. The SMILES string of the molecule is CCC(NC(=O)c1ccncc1)C1CCCN(S(C)(=O)=O)C1. The van der Waals surface area contributed by atoms with Gasteiger partial charge in [-0.3, -0.25) is 9.78 Å². The molecule has 0 aromatic carbocycles. The first-order valence-electron chi connectivity index (χ1n) is 7.58. The summed E-state index contributed by atoms with van der Waals surface area (Å²) < 4.78 is 25.0. The van der Waals surface area contributed by atoms with Crippen molar-refractivity contribution in [3.63, 3.8) is 0 Å². The van der Waals surface area contributed by atoms with E-state index in [2.05, 4.69) is 10.3 Å². The quantitative estimate of drug-likeness (QED) is 0.884. The highest BCUT2D eigenvalue weighted by atomic mass is 32.2. The van der Waals surface area contributed by atoms with Crippen LogP contribution in [-0.2, 0) is 10.0 Å². The highest BCUT2D eigenvalue weighted by Crippen LogP contribution is 2.23. The van der Waals surface area contributed by atoms with Crippen LogP contribution in [0.4, 0.5) is 0 Å². The largest absolute Gasteiger partial charge is 0.349 e. The number of amides is 1. The van der Waals surface area contributed by atoms with Gasteiger partial charge >= 0.3 is 0 Å². The van der Waals surface area contributed by atoms with Crippen molar-refractivity contribution in [2.75, 3.05) is 19.3 Å². The molecule has 22 heavy (non-hydrogen) atoms. The van der Waals surface area contributed by atoms with Crippen LogP contribution in [0.1, 0.15) is 36.5 Å². The molecule has 0 aliphatic carbocycles. The van der Waals surface area contributed by atoms with Gasteiger partial charge in [0.05, 0.1) is 6.26 Å². The first-order chi connectivity index (χ1) is 10.4.